The standard InChI is InChI=1S/C23H29ClN4O2/c1-18-6-5-7-19(14-18)15-27-10-12-28(13-11-27)23(30)17-26(2)16-22(29)25-21-9-4-3-8-20(21)24/h3-9,14H,10-13,15-17H2,1-2H3,(H,25,29)/p+2. The summed E-state index contributed by atoms with van der Waals surface area (Å²) in [4.78, 5) is 29.2. The van der Waals surface area contributed by atoms with Gasteiger partial charge in [0.25, 0.3) is 11.8 Å². The maximum absolute atomic E-state index is 12.7. The zero-order valence-corrected chi connectivity index (χ0v) is 18.5. The summed E-state index contributed by atoms with van der Waals surface area (Å²) < 4.78 is 0. The monoisotopic (exact) mass is 430 g/mol. The SMILES string of the molecule is Cc1cccc(C[NH+]2CCN(C(=O)C[NH+](C)CC(=O)Nc3ccccc3Cl)CC2)c1. The molecule has 0 bridgehead atoms. The molecule has 2 aromatic carbocycles. The molecule has 6 nitrogen and oxygen atoms in total. The number of nitrogens with one attached hydrogen (secondary N) is 3. The van der Waals surface area contributed by atoms with Crippen molar-refractivity contribution >= 4 is 29.1 Å². The van der Waals surface area contributed by atoms with Crippen molar-refractivity contribution in [3.8, 4) is 0 Å². The number of likely N-dealkylation sites (N-methyl/N-ethyl adjacent to an activating group) is 1. The van der Waals surface area contributed by atoms with E-state index in [9.17, 15) is 9.59 Å². The largest absolute Gasteiger partial charge is 0.328 e. The summed E-state index contributed by atoms with van der Waals surface area (Å²) in [7, 11) is 1.86. The predicted molar refractivity (Wildman–Crippen MR) is 119 cm³/mol. The summed E-state index contributed by atoms with van der Waals surface area (Å²) in [5, 5.41) is 3.31. The molecule has 3 rings (SSSR count). The van der Waals surface area contributed by atoms with Crippen LogP contribution in [0.4, 0.5) is 5.69 Å². The molecule has 1 aliphatic rings. The number of carbonyl (C=O) groups is 2. The van der Waals surface area contributed by atoms with Crippen LogP contribution in [0.5, 0.6) is 0 Å². The number of hydrogen-bond acceptors (Lipinski definition) is 2. The van der Waals surface area contributed by atoms with Gasteiger partial charge in [-0.2, -0.15) is 0 Å². The van der Waals surface area contributed by atoms with Gasteiger partial charge in [0.1, 0.15) is 6.54 Å². The first-order valence-corrected chi connectivity index (χ1v) is 10.8. The summed E-state index contributed by atoms with van der Waals surface area (Å²) in [6, 6.07) is 15.8. The van der Waals surface area contributed by atoms with Crippen molar-refractivity contribution in [1.29, 1.82) is 0 Å². The van der Waals surface area contributed by atoms with Gasteiger partial charge in [-0.15, -0.1) is 0 Å². The van der Waals surface area contributed by atoms with E-state index >= 15 is 0 Å². The third-order valence-electron chi connectivity index (χ3n) is 5.42. The van der Waals surface area contributed by atoms with Crippen LogP contribution in [0, 0.1) is 6.92 Å². The van der Waals surface area contributed by atoms with Crippen LogP contribution >= 0.6 is 11.6 Å². The lowest BCUT2D eigenvalue weighted by Gasteiger charge is -2.32. The van der Waals surface area contributed by atoms with E-state index in [0.29, 0.717) is 17.3 Å². The van der Waals surface area contributed by atoms with Crippen LogP contribution in [0.25, 0.3) is 0 Å². The van der Waals surface area contributed by atoms with Crippen LogP contribution in [-0.4, -0.2) is 63.0 Å². The van der Waals surface area contributed by atoms with E-state index < -0.39 is 0 Å². The molecular weight excluding hydrogens is 400 g/mol. The number of piperazine rings is 1. The molecule has 0 aliphatic carbocycles. The fourth-order valence-corrected chi connectivity index (χ4v) is 4.01. The average molecular weight is 431 g/mol. The van der Waals surface area contributed by atoms with Crippen LogP contribution in [0.1, 0.15) is 11.1 Å². The van der Waals surface area contributed by atoms with Gasteiger partial charge in [-0.3, -0.25) is 9.59 Å². The molecule has 2 aromatic rings. The number of carbonyl (C=O) groups excluding carboxylic acids is 2. The van der Waals surface area contributed by atoms with E-state index in [1.54, 1.807) is 12.1 Å². The Bertz CT molecular complexity index is 881. The molecule has 0 radical (unpaired) electrons. The molecule has 0 aromatic heterocycles. The Labute approximate surface area is 183 Å². The Morgan fingerprint density at radius 2 is 1.83 bits per heavy atom. The zero-order chi connectivity index (χ0) is 21.5. The minimum Gasteiger partial charge on any atom is -0.328 e. The van der Waals surface area contributed by atoms with E-state index in [1.807, 2.05) is 24.1 Å². The first-order chi connectivity index (χ1) is 14.4. The van der Waals surface area contributed by atoms with Gasteiger partial charge < -0.3 is 20.0 Å². The summed E-state index contributed by atoms with van der Waals surface area (Å²) in [6.07, 6.45) is 0. The second-order valence-corrected chi connectivity index (χ2v) is 8.54. The number of rotatable bonds is 7. The molecule has 1 fully saturated rings. The van der Waals surface area contributed by atoms with Gasteiger partial charge in [-0.25, -0.2) is 0 Å². The summed E-state index contributed by atoms with van der Waals surface area (Å²) in [6.45, 7) is 7.06. The molecule has 2 amide bonds. The van der Waals surface area contributed by atoms with E-state index in [1.165, 1.54) is 16.0 Å². The average Bonchev–Trinajstić information content (AvgIpc) is 2.70. The molecule has 1 unspecified atom stereocenters. The van der Waals surface area contributed by atoms with Gasteiger partial charge in [0.15, 0.2) is 13.1 Å². The molecule has 3 N–H and O–H groups in total. The van der Waals surface area contributed by atoms with Crippen molar-refractivity contribution in [2.45, 2.75) is 13.5 Å². The number of quaternary nitrogens is 2. The van der Waals surface area contributed by atoms with Crippen molar-refractivity contribution < 1.29 is 19.4 Å². The lowest BCUT2D eigenvalue weighted by Crippen LogP contribution is -3.14. The zero-order valence-electron chi connectivity index (χ0n) is 17.7. The number of aryl methyl sites for hydroxylation is 1. The molecule has 0 spiro atoms. The summed E-state index contributed by atoms with van der Waals surface area (Å²) >= 11 is 6.08. The number of nitrogens with zero attached hydrogens (tertiary/aromatic N) is 1. The molecule has 30 heavy (non-hydrogen) atoms. The maximum atomic E-state index is 12.7. The van der Waals surface area contributed by atoms with E-state index in [2.05, 4.69) is 36.5 Å². The van der Waals surface area contributed by atoms with Crippen molar-refractivity contribution in [2.75, 3.05) is 51.6 Å². The number of hydrogen-bond donors (Lipinski definition) is 3. The smallest absolute Gasteiger partial charge is 0.279 e. The molecule has 1 heterocycles. The molecule has 1 saturated heterocycles. The highest BCUT2D eigenvalue weighted by atomic mass is 35.5. The van der Waals surface area contributed by atoms with Gasteiger partial charge in [0, 0.05) is 5.56 Å². The Hall–Kier alpha value is -2.41. The molecular formula is C23H31ClN4O2+2. The Morgan fingerprint density at radius 3 is 2.53 bits per heavy atom. The van der Waals surface area contributed by atoms with Gasteiger partial charge in [-0.05, 0) is 19.1 Å². The second-order valence-electron chi connectivity index (χ2n) is 8.14. The first kappa shape index (κ1) is 22.3. The number of benzene rings is 2. The molecule has 160 valence electrons. The van der Waals surface area contributed by atoms with Gasteiger partial charge in [0.2, 0.25) is 0 Å². The van der Waals surface area contributed by atoms with Crippen LogP contribution in [0.15, 0.2) is 48.5 Å². The Balaban J connectivity index is 1.40. The van der Waals surface area contributed by atoms with Crippen molar-refractivity contribution in [2.24, 2.45) is 0 Å². The summed E-state index contributed by atoms with van der Waals surface area (Å²) in [5.74, 6) is -0.0477. The molecule has 1 aliphatic heterocycles. The van der Waals surface area contributed by atoms with Crippen molar-refractivity contribution in [1.82, 2.24) is 4.90 Å². The second kappa shape index (κ2) is 10.6. The molecule has 1 atom stereocenters. The van der Waals surface area contributed by atoms with Gasteiger partial charge in [0.05, 0.1) is 43.9 Å². The molecule has 7 heteroatoms. The van der Waals surface area contributed by atoms with E-state index in [-0.39, 0.29) is 18.4 Å². The minimum atomic E-state index is -0.152. The normalized spacial score (nSPS) is 15.6. The number of halogens is 1. The number of para-hydroxylation sites is 1. The van der Waals surface area contributed by atoms with Crippen molar-refractivity contribution in [3.63, 3.8) is 0 Å². The predicted octanol–water partition coefficient (Wildman–Crippen LogP) is 0.0289. The highest BCUT2D eigenvalue weighted by Crippen LogP contribution is 2.19. The van der Waals surface area contributed by atoms with Gasteiger partial charge >= 0.3 is 0 Å². The van der Waals surface area contributed by atoms with Crippen LogP contribution in [0.3, 0.4) is 0 Å². The summed E-state index contributed by atoms with van der Waals surface area (Å²) in [5.41, 5.74) is 3.22. The highest BCUT2D eigenvalue weighted by Gasteiger charge is 2.26. The molecule has 0 saturated carbocycles. The lowest BCUT2D eigenvalue weighted by atomic mass is 10.1. The van der Waals surface area contributed by atoms with Crippen LogP contribution in [-0.2, 0) is 16.1 Å². The third kappa shape index (κ3) is 6.55. The lowest BCUT2D eigenvalue weighted by molar-refractivity contribution is -0.917. The Morgan fingerprint density at radius 1 is 1.10 bits per heavy atom. The maximum Gasteiger partial charge on any atom is 0.279 e. The highest BCUT2D eigenvalue weighted by molar-refractivity contribution is 6.33. The topological polar surface area (TPSA) is 58.3 Å². The fraction of sp³-hybridized carbons (Fsp3) is 0.391. The van der Waals surface area contributed by atoms with Gasteiger partial charge in [-0.1, -0.05) is 53.6 Å². The number of amides is 2. The quantitative estimate of drug-likeness (QED) is 0.580. The fourth-order valence-electron chi connectivity index (χ4n) is 3.82. The van der Waals surface area contributed by atoms with E-state index in [0.717, 1.165) is 37.6 Å². The van der Waals surface area contributed by atoms with E-state index in [4.69, 9.17) is 11.6 Å². The number of anilines is 1. The Kier molecular flexibility index (Phi) is 7.85. The third-order valence-corrected chi connectivity index (χ3v) is 5.75. The van der Waals surface area contributed by atoms with Crippen LogP contribution < -0.4 is 15.1 Å². The minimum absolute atomic E-state index is 0.104. The first-order valence-electron chi connectivity index (χ1n) is 10.4. The van der Waals surface area contributed by atoms with Crippen molar-refractivity contribution in [3.05, 3.63) is 64.7 Å². The van der Waals surface area contributed by atoms with Crippen LogP contribution in [0.2, 0.25) is 5.02 Å².